The summed E-state index contributed by atoms with van der Waals surface area (Å²) in [6.45, 7) is 1.65. The maximum absolute atomic E-state index is 12.1. The van der Waals surface area contributed by atoms with Gasteiger partial charge in [0.05, 0.1) is 17.2 Å². The minimum atomic E-state index is -0.541. The van der Waals surface area contributed by atoms with Crippen molar-refractivity contribution < 1.29 is 14.4 Å². The SMILES string of the molecule is NC(=O)c1cc(-c2csc(NC(=O)CSCC(=O)N3CCCCC3)n2)c[nH]1. The van der Waals surface area contributed by atoms with E-state index in [1.54, 1.807) is 17.6 Å². The largest absolute Gasteiger partial charge is 0.364 e. The summed E-state index contributed by atoms with van der Waals surface area (Å²) >= 11 is 2.60. The second-order valence-electron chi connectivity index (χ2n) is 6.19. The van der Waals surface area contributed by atoms with Crippen LogP contribution in [-0.4, -0.2) is 57.2 Å². The van der Waals surface area contributed by atoms with Crippen molar-refractivity contribution in [3.8, 4) is 11.3 Å². The van der Waals surface area contributed by atoms with Crippen LogP contribution in [0.25, 0.3) is 11.3 Å². The molecule has 0 saturated carbocycles. The molecular formula is C17H21N5O3S2. The fourth-order valence-electron chi connectivity index (χ4n) is 2.77. The van der Waals surface area contributed by atoms with E-state index in [1.165, 1.54) is 29.5 Å². The van der Waals surface area contributed by atoms with Crippen LogP contribution in [0.1, 0.15) is 29.8 Å². The molecule has 2 aromatic rings. The first-order chi connectivity index (χ1) is 13.0. The van der Waals surface area contributed by atoms with Gasteiger partial charge in [-0.05, 0) is 25.3 Å². The number of nitrogens with two attached hydrogens (primary N) is 1. The van der Waals surface area contributed by atoms with Crippen LogP contribution in [0.4, 0.5) is 5.13 Å². The molecule has 1 aliphatic heterocycles. The van der Waals surface area contributed by atoms with Gasteiger partial charge >= 0.3 is 0 Å². The van der Waals surface area contributed by atoms with E-state index in [1.807, 2.05) is 4.90 Å². The second kappa shape index (κ2) is 9.05. The molecule has 27 heavy (non-hydrogen) atoms. The summed E-state index contributed by atoms with van der Waals surface area (Å²) in [4.78, 5) is 44.3. The van der Waals surface area contributed by atoms with Gasteiger partial charge in [-0.15, -0.1) is 23.1 Å². The number of aromatic amines is 1. The number of carbonyl (C=O) groups excluding carboxylic acids is 3. The van der Waals surface area contributed by atoms with Gasteiger partial charge in [0, 0.05) is 30.2 Å². The van der Waals surface area contributed by atoms with E-state index in [0.29, 0.717) is 22.3 Å². The summed E-state index contributed by atoms with van der Waals surface area (Å²) in [6, 6.07) is 1.62. The van der Waals surface area contributed by atoms with Crippen molar-refractivity contribution in [3.63, 3.8) is 0 Å². The molecule has 0 aromatic carbocycles. The number of amides is 3. The van der Waals surface area contributed by atoms with E-state index in [2.05, 4.69) is 15.3 Å². The minimum absolute atomic E-state index is 0.0988. The van der Waals surface area contributed by atoms with Crippen LogP contribution in [0.2, 0.25) is 0 Å². The highest BCUT2D eigenvalue weighted by Gasteiger charge is 2.17. The van der Waals surface area contributed by atoms with Crippen LogP contribution in [-0.2, 0) is 9.59 Å². The zero-order valence-corrected chi connectivity index (χ0v) is 16.3. The molecule has 3 heterocycles. The Bertz CT molecular complexity index is 826. The predicted octanol–water partition coefficient (Wildman–Crippen LogP) is 1.92. The van der Waals surface area contributed by atoms with E-state index in [0.717, 1.165) is 31.5 Å². The Hall–Kier alpha value is -2.33. The van der Waals surface area contributed by atoms with Gasteiger partial charge < -0.3 is 20.9 Å². The molecular weight excluding hydrogens is 386 g/mol. The summed E-state index contributed by atoms with van der Waals surface area (Å²) in [5, 5.41) is 5.00. The lowest BCUT2D eigenvalue weighted by atomic mass is 10.1. The highest BCUT2D eigenvalue weighted by molar-refractivity contribution is 8.00. The zero-order chi connectivity index (χ0) is 19.2. The monoisotopic (exact) mass is 407 g/mol. The van der Waals surface area contributed by atoms with Gasteiger partial charge in [-0.1, -0.05) is 0 Å². The number of nitrogens with one attached hydrogen (secondary N) is 2. The lowest BCUT2D eigenvalue weighted by molar-refractivity contribution is -0.129. The van der Waals surface area contributed by atoms with Crippen molar-refractivity contribution in [3.05, 3.63) is 23.3 Å². The fourth-order valence-corrected chi connectivity index (χ4v) is 4.22. The Labute approximate surface area is 164 Å². The first-order valence-corrected chi connectivity index (χ1v) is 10.7. The first kappa shape index (κ1) is 19.4. The third kappa shape index (κ3) is 5.33. The molecule has 4 N–H and O–H groups in total. The van der Waals surface area contributed by atoms with Crippen molar-refractivity contribution in [1.82, 2.24) is 14.9 Å². The minimum Gasteiger partial charge on any atom is -0.364 e. The van der Waals surface area contributed by atoms with Crippen molar-refractivity contribution in [2.24, 2.45) is 5.73 Å². The molecule has 0 spiro atoms. The second-order valence-corrected chi connectivity index (χ2v) is 8.03. The molecule has 0 bridgehead atoms. The molecule has 10 heteroatoms. The third-order valence-electron chi connectivity index (χ3n) is 4.16. The molecule has 1 saturated heterocycles. The highest BCUT2D eigenvalue weighted by atomic mass is 32.2. The summed E-state index contributed by atoms with van der Waals surface area (Å²) in [5.74, 6) is -0.123. The van der Waals surface area contributed by atoms with Crippen molar-refractivity contribution >= 4 is 46.0 Å². The van der Waals surface area contributed by atoms with E-state index in [-0.39, 0.29) is 17.6 Å². The van der Waals surface area contributed by atoms with Crippen molar-refractivity contribution in [2.75, 3.05) is 29.9 Å². The predicted molar refractivity (Wildman–Crippen MR) is 107 cm³/mol. The number of likely N-dealkylation sites (tertiary alicyclic amines) is 1. The summed E-state index contributed by atoms with van der Waals surface area (Å²) < 4.78 is 0. The Morgan fingerprint density at radius 3 is 2.74 bits per heavy atom. The van der Waals surface area contributed by atoms with Gasteiger partial charge in [-0.2, -0.15) is 0 Å². The number of aromatic nitrogens is 2. The van der Waals surface area contributed by atoms with Crippen LogP contribution in [0, 0.1) is 0 Å². The summed E-state index contributed by atoms with van der Waals surface area (Å²) in [7, 11) is 0. The molecule has 2 aromatic heterocycles. The molecule has 3 rings (SSSR count). The van der Waals surface area contributed by atoms with Gasteiger partial charge in [-0.25, -0.2) is 4.98 Å². The van der Waals surface area contributed by atoms with Gasteiger partial charge in [0.1, 0.15) is 5.69 Å². The molecule has 0 radical (unpaired) electrons. The van der Waals surface area contributed by atoms with Gasteiger partial charge in [0.2, 0.25) is 11.8 Å². The Morgan fingerprint density at radius 2 is 2.04 bits per heavy atom. The number of thiazole rings is 1. The van der Waals surface area contributed by atoms with Crippen LogP contribution in [0.5, 0.6) is 0 Å². The average molecular weight is 408 g/mol. The van der Waals surface area contributed by atoms with Gasteiger partial charge in [0.25, 0.3) is 5.91 Å². The number of carbonyl (C=O) groups is 3. The van der Waals surface area contributed by atoms with Gasteiger partial charge in [0.15, 0.2) is 5.13 Å². The number of H-pyrrole nitrogens is 1. The Kier molecular flexibility index (Phi) is 6.51. The summed E-state index contributed by atoms with van der Waals surface area (Å²) in [5.41, 5.74) is 6.89. The topological polar surface area (TPSA) is 121 Å². The summed E-state index contributed by atoms with van der Waals surface area (Å²) in [6.07, 6.45) is 4.95. The molecule has 144 valence electrons. The number of rotatable bonds is 7. The van der Waals surface area contributed by atoms with E-state index in [4.69, 9.17) is 5.73 Å². The third-order valence-corrected chi connectivity index (χ3v) is 5.84. The molecule has 1 fully saturated rings. The van der Waals surface area contributed by atoms with E-state index < -0.39 is 5.91 Å². The van der Waals surface area contributed by atoms with E-state index >= 15 is 0 Å². The average Bonchev–Trinajstić information content (AvgIpc) is 3.31. The maximum atomic E-state index is 12.1. The number of anilines is 1. The number of thioether (sulfide) groups is 1. The lowest BCUT2D eigenvalue weighted by Crippen LogP contribution is -2.37. The molecule has 3 amide bonds. The maximum Gasteiger partial charge on any atom is 0.265 e. The normalized spacial score (nSPS) is 14.1. The molecule has 0 unspecified atom stereocenters. The molecule has 0 atom stereocenters. The van der Waals surface area contributed by atoms with Crippen molar-refractivity contribution in [1.29, 1.82) is 0 Å². The van der Waals surface area contributed by atoms with Crippen LogP contribution >= 0.6 is 23.1 Å². The number of hydrogen-bond acceptors (Lipinski definition) is 6. The quantitative estimate of drug-likeness (QED) is 0.647. The van der Waals surface area contributed by atoms with Crippen molar-refractivity contribution in [2.45, 2.75) is 19.3 Å². The Morgan fingerprint density at radius 1 is 1.26 bits per heavy atom. The standard InChI is InChI=1S/C17H21N5O3S2/c18-16(25)12-6-11(7-19-12)13-8-27-17(20-13)21-14(23)9-26-10-15(24)22-4-2-1-3-5-22/h6-8,19H,1-5,9-10H2,(H2,18,25)(H,20,21,23). The zero-order valence-electron chi connectivity index (χ0n) is 14.7. The number of piperidine rings is 1. The van der Waals surface area contributed by atoms with Crippen LogP contribution in [0.15, 0.2) is 17.6 Å². The molecule has 0 aliphatic carbocycles. The van der Waals surface area contributed by atoms with Crippen LogP contribution < -0.4 is 11.1 Å². The fraction of sp³-hybridized carbons (Fsp3) is 0.412. The number of hydrogen-bond donors (Lipinski definition) is 3. The number of primary amides is 1. The lowest BCUT2D eigenvalue weighted by Gasteiger charge is -2.26. The Balaban J connectivity index is 1.44. The smallest absolute Gasteiger partial charge is 0.265 e. The van der Waals surface area contributed by atoms with Crippen LogP contribution in [0.3, 0.4) is 0 Å². The first-order valence-electron chi connectivity index (χ1n) is 8.62. The number of nitrogens with zero attached hydrogens (tertiary/aromatic N) is 2. The molecule has 1 aliphatic rings. The molecule has 8 nitrogen and oxygen atoms in total. The highest BCUT2D eigenvalue weighted by Crippen LogP contribution is 2.25. The van der Waals surface area contributed by atoms with E-state index in [9.17, 15) is 14.4 Å². The van der Waals surface area contributed by atoms with Gasteiger partial charge in [-0.3, -0.25) is 14.4 Å².